The molecule has 2 N–H and O–H groups in total. The van der Waals surface area contributed by atoms with Gasteiger partial charge in [-0.1, -0.05) is 0 Å². The highest BCUT2D eigenvalue weighted by Crippen LogP contribution is 2.26. The van der Waals surface area contributed by atoms with Crippen LogP contribution in [0.4, 0.5) is 23.0 Å². The van der Waals surface area contributed by atoms with Crippen LogP contribution in [0.1, 0.15) is 0 Å². The van der Waals surface area contributed by atoms with Crippen LogP contribution in [-0.4, -0.2) is 12.6 Å². The van der Waals surface area contributed by atoms with Crippen LogP contribution < -0.4 is 5.73 Å². The summed E-state index contributed by atoms with van der Waals surface area (Å²) in [6.07, 6.45) is 0. The predicted octanol–water partition coefficient (Wildman–Crippen LogP) is 2.89. The Balaban J connectivity index is 2.65. The van der Waals surface area contributed by atoms with Gasteiger partial charge >= 0.3 is 6.98 Å². The molecule has 0 saturated carbocycles. The van der Waals surface area contributed by atoms with E-state index in [1.807, 2.05) is 0 Å². The Bertz CT molecular complexity index is 328. The van der Waals surface area contributed by atoms with Crippen LogP contribution in [0.5, 0.6) is 0 Å². The van der Waals surface area contributed by atoms with Crippen molar-refractivity contribution in [3.05, 3.63) is 24.0 Å². The third-order valence-electron chi connectivity index (χ3n) is 1.41. The Kier molecular flexibility index (Phi) is 3.31. The topological polar surface area (TPSA) is 26.0 Å². The normalized spacial score (nSPS) is 11.7. The van der Waals surface area contributed by atoms with E-state index in [4.69, 9.17) is 5.73 Å². The highest BCUT2D eigenvalue weighted by molar-refractivity contribution is 8.00. The van der Waals surface area contributed by atoms with E-state index in [0.717, 1.165) is 6.07 Å². The molecule has 1 nitrogen and oxygen atoms in total. The van der Waals surface area contributed by atoms with E-state index in [1.165, 1.54) is 12.1 Å². The number of hydrogen-bond donors (Lipinski definition) is 1. The van der Waals surface area contributed by atoms with Crippen molar-refractivity contribution in [1.82, 2.24) is 0 Å². The molecule has 7 heteroatoms. The number of nitrogens with two attached hydrogens (primary N) is 1. The van der Waals surface area contributed by atoms with Gasteiger partial charge in [-0.2, -0.15) is 11.8 Å². The molecule has 0 atom stereocenters. The number of nitrogen functional groups attached to an aromatic ring is 1. The average molecular weight is 224 g/mol. The zero-order valence-corrected chi connectivity index (χ0v) is 7.83. The second-order valence-corrected chi connectivity index (χ2v) is 3.80. The molecule has 0 saturated heterocycles. The zero-order valence-electron chi connectivity index (χ0n) is 7.01. The first-order valence-electron chi connectivity index (χ1n) is 3.77. The maximum absolute atomic E-state index is 12.8. The first-order valence-corrected chi connectivity index (χ1v) is 4.76. The standard InChI is InChI=1S/C7H7BF4NS/c9-6-3-5(1-2-7(6)13)14-4-8(10,11)12/h1-3H,4,13H2/q-1. The molecule has 0 unspecified atom stereocenters. The Morgan fingerprint density at radius 1 is 1.29 bits per heavy atom. The smallest absolute Gasteiger partial charge is 0.448 e. The molecule has 0 amide bonds. The Morgan fingerprint density at radius 2 is 1.93 bits per heavy atom. The van der Waals surface area contributed by atoms with Gasteiger partial charge in [-0.05, 0) is 23.9 Å². The van der Waals surface area contributed by atoms with E-state index in [9.17, 15) is 17.3 Å². The fourth-order valence-electron chi connectivity index (χ4n) is 0.788. The van der Waals surface area contributed by atoms with Crippen LogP contribution in [0.25, 0.3) is 0 Å². The van der Waals surface area contributed by atoms with Gasteiger partial charge in [0.15, 0.2) is 0 Å². The Morgan fingerprint density at radius 3 is 2.43 bits per heavy atom. The van der Waals surface area contributed by atoms with E-state index < -0.39 is 18.4 Å². The molecule has 0 aliphatic rings. The first kappa shape index (κ1) is 11.2. The molecule has 0 aliphatic heterocycles. The van der Waals surface area contributed by atoms with Crippen molar-refractivity contribution in [2.24, 2.45) is 0 Å². The molecule has 0 bridgehead atoms. The summed E-state index contributed by atoms with van der Waals surface area (Å²) in [5.41, 5.74) is 4.14. The van der Waals surface area contributed by atoms with Crippen LogP contribution in [0, 0.1) is 5.82 Å². The van der Waals surface area contributed by atoms with Gasteiger partial charge in [0.05, 0.1) is 5.69 Å². The average Bonchev–Trinajstić information content (AvgIpc) is 2.06. The van der Waals surface area contributed by atoms with E-state index in [-0.39, 0.29) is 10.6 Å². The minimum atomic E-state index is -4.84. The minimum Gasteiger partial charge on any atom is -0.448 e. The summed E-state index contributed by atoms with van der Waals surface area (Å²) < 4.78 is 48.3. The molecule has 0 radical (unpaired) electrons. The second kappa shape index (κ2) is 4.12. The molecule has 1 aromatic rings. The van der Waals surface area contributed by atoms with Crippen molar-refractivity contribution in [3.63, 3.8) is 0 Å². The van der Waals surface area contributed by atoms with Crippen molar-refractivity contribution in [2.75, 3.05) is 11.4 Å². The molecule has 78 valence electrons. The predicted molar refractivity (Wildman–Crippen MR) is 50.6 cm³/mol. The lowest BCUT2D eigenvalue weighted by molar-refractivity contribution is 0.485. The lowest BCUT2D eigenvalue weighted by atomic mass is 9.98. The molecular weight excluding hydrogens is 217 g/mol. The van der Waals surface area contributed by atoms with Crippen LogP contribution in [0.2, 0.25) is 0 Å². The first-order chi connectivity index (χ1) is 6.38. The lowest BCUT2D eigenvalue weighted by Crippen LogP contribution is -2.18. The third-order valence-corrected chi connectivity index (χ3v) is 2.54. The van der Waals surface area contributed by atoms with Crippen LogP contribution >= 0.6 is 11.8 Å². The maximum atomic E-state index is 12.8. The summed E-state index contributed by atoms with van der Waals surface area (Å²) in [5.74, 6) is -0.690. The minimum absolute atomic E-state index is 0.0631. The monoisotopic (exact) mass is 224 g/mol. The molecule has 1 aromatic carbocycles. The maximum Gasteiger partial charge on any atom is 0.488 e. The summed E-state index contributed by atoms with van der Waals surface area (Å²) in [6, 6.07) is 3.62. The highest BCUT2D eigenvalue weighted by atomic mass is 32.2. The summed E-state index contributed by atoms with van der Waals surface area (Å²) in [4.78, 5) is 0.232. The van der Waals surface area contributed by atoms with Gasteiger partial charge in [0.1, 0.15) is 5.82 Å². The molecule has 0 heterocycles. The number of thioether (sulfide) groups is 1. The Hall–Kier alpha value is -0.845. The van der Waals surface area contributed by atoms with Gasteiger partial charge in [-0.25, -0.2) is 4.39 Å². The van der Waals surface area contributed by atoms with E-state index in [2.05, 4.69) is 0 Å². The fourth-order valence-corrected chi connectivity index (χ4v) is 1.52. The van der Waals surface area contributed by atoms with E-state index in [0.29, 0.717) is 11.8 Å². The lowest BCUT2D eigenvalue weighted by Gasteiger charge is -2.12. The van der Waals surface area contributed by atoms with Crippen molar-refractivity contribution in [2.45, 2.75) is 4.90 Å². The molecule has 0 aliphatic carbocycles. The van der Waals surface area contributed by atoms with Crippen LogP contribution in [0.15, 0.2) is 23.1 Å². The molecule has 14 heavy (non-hydrogen) atoms. The van der Waals surface area contributed by atoms with Gasteiger partial charge < -0.3 is 18.7 Å². The van der Waals surface area contributed by atoms with Gasteiger partial charge in [0.2, 0.25) is 0 Å². The van der Waals surface area contributed by atoms with Crippen LogP contribution in [-0.2, 0) is 0 Å². The van der Waals surface area contributed by atoms with Gasteiger partial charge in [0.25, 0.3) is 0 Å². The molecule has 0 aromatic heterocycles. The number of benzene rings is 1. The molecular formula is C7H7BF4NS-. The van der Waals surface area contributed by atoms with Crippen molar-refractivity contribution in [1.29, 1.82) is 0 Å². The SMILES string of the molecule is Nc1ccc(SC[B-](F)(F)F)cc1F. The molecule has 0 spiro atoms. The summed E-state index contributed by atoms with van der Waals surface area (Å²) in [7, 11) is 0. The molecule has 0 fully saturated rings. The fraction of sp³-hybridized carbons (Fsp3) is 0.143. The molecule has 1 rings (SSSR count). The van der Waals surface area contributed by atoms with Crippen molar-refractivity contribution in [3.8, 4) is 0 Å². The quantitative estimate of drug-likeness (QED) is 0.369. The highest BCUT2D eigenvalue weighted by Gasteiger charge is 2.22. The number of anilines is 1. The largest absolute Gasteiger partial charge is 0.488 e. The third kappa shape index (κ3) is 3.49. The van der Waals surface area contributed by atoms with Crippen molar-refractivity contribution < 1.29 is 17.3 Å². The summed E-state index contributed by atoms with van der Waals surface area (Å²) >= 11 is 0.557. The van der Waals surface area contributed by atoms with E-state index >= 15 is 0 Å². The summed E-state index contributed by atoms with van der Waals surface area (Å²) in [5, 5.41) is 0. The van der Waals surface area contributed by atoms with Crippen molar-refractivity contribution >= 4 is 24.4 Å². The Labute approximate surface area is 82.7 Å². The number of hydrogen-bond acceptors (Lipinski definition) is 2. The van der Waals surface area contributed by atoms with Gasteiger partial charge in [-0.3, -0.25) is 0 Å². The van der Waals surface area contributed by atoms with Gasteiger partial charge in [0, 0.05) is 4.90 Å². The number of rotatable bonds is 3. The van der Waals surface area contributed by atoms with E-state index in [1.54, 1.807) is 0 Å². The number of halogens is 4. The van der Waals surface area contributed by atoms with Gasteiger partial charge in [-0.15, -0.1) is 0 Å². The second-order valence-electron chi connectivity index (χ2n) is 2.70. The summed E-state index contributed by atoms with van der Waals surface area (Å²) in [6.45, 7) is -4.84. The van der Waals surface area contributed by atoms with Crippen LogP contribution in [0.3, 0.4) is 0 Å². The zero-order chi connectivity index (χ0) is 10.8.